The van der Waals surface area contributed by atoms with Crippen LogP contribution in [0.4, 0.5) is 11.7 Å². The quantitative estimate of drug-likeness (QED) is 0.639. The van der Waals surface area contributed by atoms with E-state index in [9.17, 15) is 15.2 Å². The van der Waals surface area contributed by atoms with Crippen molar-refractivity contribution in [2.24, 2.45) is 5.92 Å². The summed E-state index contributed by atoms with van der Waals surface area (Å²) in [7, 11) is 4.20. The number of carboxylic acid groups (broad SMARTS) is 1. The molecule has 3 heterocycles. The average molecular weight is 446 g/mol. The molecule has 0 amide bonds. The summed E-state index contributed by atoms with van der Waals surface area (Å²) in [5.74, 6) is -1.23. The van der Waals surface area contributed by atoms with Gasteiger partial charge in [-0.25, -0.2) is 0 Å². The van der Waals surface area contributed by atoms with Crippen LogP contribution in [0.2, 0.25) is 0 Å². The van der Waals surface area contributed by atoms with E-state index in [0.29, 0.717) is 41.8 Å². The number of carboxylic acids is 1. The van der Waals surface area contributed by atoms with E-state index < -0.39 is 11.9 Å². The number of rotatable bonds is 5. The summed E-state index contributed by atoms with van der Waals surface area (Å²) in [4.78, 5) is 22.4. The monoisotopic (exact) mass is 445 g/mol. The van der Waals surface area contributed by atoms with Crippen LogP contribution in [0, 0.1) is 24.2 Å². The highest BCUT2D eigenvalue weighted by Crippen LogP contribution is 2.45. The molecule has 33 heavy (non-hydrogen) atoms. The van der Waals surface area contributed by atoms with Crippen molar-refractivity contribution < 1.29 is 14.3 Å². The van der Waals surface area contributed by atoms with Gasteiger partial charge in [0.05, 0.1) is 17.2 Å². The van der Waals surface area contributed by atoms with Crippen molar-refractivity contribution in [3.63, 3.8) is 0 Å². The number of aromatic nitrogens is 1. The van der Waals surface area contributed by atoms with Gasteiger partial charge in [0.1, 0.15) is 11.6 Å². The van der Waals surface area contributed by atoms with Gasteiger partial charge >= 0.3 is 5.97 Å². The van der Waals surface area contributed by atoms with Gasteiger partial charge in [0.15, 0.2) is 5.58 Å². The van der Waals surface area contributed by atoms with E-state index in [1.807, 2.05) is 30.0 Å². The molecule has 0 bridgehead atoms. The van der Waals surface area contributed by atoms with E-state index >= 15 is 0 Å². The van der Waals surface area contributed by atoms with Gasteiger partial charge in [-0.2, -0.15) is 10.2 Å². The zero-order valence-electron chi connectivity index (χ0n) is 19.1. The maximum absolute atomic E-state index is 11.3. The lowest BCUT2D eigenvalue weighted by Gasteiger charge is -2.35. The molecule has 1 N–H and O–H groups in total. The molecule has 0 spiro atoms. The minimum Gasteiger partial charge on any atom is -0.481 e. The van der Waals surface area contributed by atoms with Crippen molar-refractivity contribution >= 4 is 28.8 Å². The van der Waals surface area contributed by atoms with Crippen molar-refractivity contribution in [3.8, 4) is 17.2 Å². The van der Waals surface area contributed by atoms with Crippen molar-refractivity contribution in [1.82, 2.24) is 9.88 Å². The van der Waals surface area contributed by atoms with Crippen LogP contribution in [0.1, 0.15) is 17.5 Å². The molecule has 2 saturated heterocycles. The van der Waals surface area contributed by atoms with Crippen LogP contribution in [0.15, 0.2) is 34.7 Å². The van der Waals surface area contributed by atoms with Crippen LogP contribution < -0.4 is 9.80 Å². The molecule has 0 unspecified atom stereocenters. The van der Waals surface area contributed by atoms with Crippen LogP contribution in [0.25, 0.3) is 22.2 Å². The first-order valence-electron chi connectivity index (χ1n) is 11.2. The molecule has 3 aromatic rings. The number of aliphatic carboxylic acids is 1. The normalized spacial score (nSPS) is 18.7. The summed E-state index contributed by atoms with van der Waals surface area (Å²) in [6.45, 7) is 4.42. The Balaban J connectivity index is 1.70. The lowest BCUT2D eigenvalue weighted by Crippen LogP contribution is -2.50. The van der Waals surface area contributed by atoms with Gasteiger partial charge in [0, 0.05) is 37.8 Å². The number of nitrogens with zero attached hydrogens (tertiary/aromatic N) is 5. The molecule has 8 nitrogen and oxygen atoms in total. The number of oxazole rings is 1. The number of fused-ring (bicyclic) bond motifs is 1. The molecular formula is C25H27N5O3. The van der Waals surface area contributed by atoms with Crippen molar-refractivity contribution in [2.45, 2.75) is 19.4 Å². The van der Waals surface area contributed by atoms with E-state index in [0.717, 1.165) is 41.9 Å². The van der Waals surface area contributed by atoms with Gasteiger partial charge in [-0.3, -0.25) is 4.79 Å². The van der Waals surface area contributed by atoms with Crippen LogP contribution in [-0.2, 0) is 4.79 Å². The highest BCUT2D eigenvalue weighted by atomic mass is 16.4. The molecule has 2 fully saturated rings. The van der Waals surface area contributed by atoms with Crippen molar-refractivity contribution in [1.29, 1.82) is 5.26 Å². The fourth-order valence-electron chi connectivity index (χ4n) is 4.92. The summed E-state index contributed by atoms with van der Waals surface area (Å²) in [5, 5.41) is 19.3. The fourth-order valence-corrected chi connectivity index (χ4v) is 4.92. The topological polar surface area (TPSA) is 96.8 Å². The predicted octanol–water partition coefficient (Wildman–Crippen LogP) is 3.34. The minimum absolute atomic E-state index is 0.357. The number of nitriles is 1. The van der Waals surface area contributed by atoms with Crippen LogP contribution >= 0.6 is 0 Å². The lowest BCUT2D eigenvalue weighted by molar-refractivity contribution is -0.142. The Bertz CT molecular complexity index is 1250. The highest BCUT2D eigenvalue weighted by Gasteiger charge is 2.37. The Hall–Kier alpha value is -3.57. The lowest BCUT2D eigenvalue weighted by atomic mass is 9.93. The van der Waals surface area contributed by atoms with Gasteiger partial charge < -0.3 is 24.2 Å². The molecule has 1 aromatic heterocycles. The van der Waals surface area contributed by atoms with Crippen LogP contribution in [0.3, 0.4) is 0 Å². The third kappa shape index (κ3) is 3.49. The van der Waals surface area contributed by atoms with E-state index in [1.165, 1.54) is 0 Å². The van der Waals surface area contributed by atoms with Gasteiger partial charge in [-0.15, -0.1) is 0 Å². The van der Waals surface area contributed by atoms with E-state index in [1.54, 1.807) is 0 Å². The minimum atomic E-state index is -0.810. The SMILES string of the molecule is Cc1c(-c2ccccc2)c(N2CC[C@H](N(C)C)C2)c2oc(N3CC(C(=O)O)C3)nc2c1C#N. The predicted molar refractivity (Wildman–Crippen MR) is 127 cm³/mol. The van der Waals surface area contributed by atoms with Crippen LogP contribution in [-0.4, -0.2) is 67.3 Å². The zero-order valence-corrected chi connectivity index (χ0v) is 19.1. The molecule has 0 saturated carbocycles. The second-order valence-electron chi connectivity index (χ2n) is 9.17. The molecular weight excluding hydrogens is 418 g/mol. The Kier molecular flexibility index (Phi) is 5.22. The van der Waals surface area contributed by atoms with Gasteiger partial charge in [0.25, 0.3) is 6.01 Å². The van der Waals surface area contributed by atoms with E-state index in [2.05, 4.69) is 47.1 Å². The summed E-state index contributed by atoms with van der Waals surface area (Å²) in [5.41, 5.74) is 5.52. The maximum Gasteiger partial charge on any atom is 0.310 e. The molecule has 170 valence electrons. The number of benzene rings is 2. The number of anilines is 2. The van der Waals surface area contributed by atoms with Crippen molar-refractivity contribution in [2.75, 3.05) is 50.1 Å². The Morgan fingerprint density at radius 3 is 2.55 bits per heavy atom. The number of carbonyl (C=O) groups is 1. The molecule has 2 aliphatic rings. The van der Waals surface area contributed by atoms with E-state index in [4.69, 9.17) is 4.42 Å². The first-order chi connectivity index (χ1) is 15.9. The van der Waals surface area contributed by atoms with Crippen molar-refractivity contribution in [3.05, 3.63) is 41.5 Å². The largest absolute Gasteiger partial charge is 0.481 e. The van der Waals surface area contributed by atoms with Crippen LogP contribution in [0.5, 0.6) is 0 Å². The van der Waals surface area contributed by atoms with Gasteiger partial charge in [-0.05, 0) is 38.6 Å². The number of likely N-dealkylation sites (N-methyl/N-ethyl adjacent to an activating group) is 1. The summed E-state index contributed by atoms with van der Waals surface area (Å²) in [6, 6.07) is 13.3. The number of hydrogen-bond acceptors (Lipinski definition) is 7. The second-order valence-corrected chi connectivity index (χ2v) is 9.17. The summed E-state index contributed by atoms with van der Waals surface area (Å²) in [6.07, 6.45) is 1.04. The molecule has 8 heteroatoms. The smallest absolute Gasteiger partial charge is 0.310 e. The third-order valence-corrected chi connectivity index (χ3v) is 6.94. The molecule has 2 aromatic carbocycles. The Morgan fingerprint density at radius 2 is 1.94 bits per heavy atom. The first-order valence-corrected chi connectivity index (χ1v) is 11.2. The second kappa shape index (κ2) is 8.09. The summed E-state index contributed by atoms with van der Waals surface area (Å²) < 4.78 is 6.31. The fraction of sp³-hybridized carbons (Fsp3) is 0.400. The summed E-state index contributed by atoms with van der Waals surface area (Å²) >= 11 is 0. The maximum atomic E-state index is 11.3. The Morgan fingerprint density at radius 1 is 1.21 bits per heavy atom. The van der Waals surface area contributed by atoms with Gasteiger partial charge in [-0.1, -0.05) is 30.3 Å². The Labute approximate surface area is 192 Å². The molecule has 2 aliphatic heterocycles. The molecule has 5 rings (SSSR count). The standard InChI is InChI=1S/C25H27N5O3/c1-15-19(11-26)21-23(33-25(27-21)30-12-17(13-30)24(31)32)22(20(15)16-7-5-4-6-8-16)29-10-9-18(14-29)28(2)3/h4-8,17-18H,9-10,12-14H2,1-3H3,(H,31,32)/t18-/m0/s1. The average Bonchev–Trinajstić information content (AvgIpc) is 3.40. The van der Waals surface area contributed by atoms with E-state index in [-0.39, 0.29) is 0 Å². The first kappa shape index (κ1) is 21.3. The zero-order chi connectivity index (χ0) is 23.3. The molecule has 0 aliphatic carbocycles. The third-order valence-electron chi connectivity index (χ3n) is 6.94. The number of hydrogen-bond donors (Lipinski definition) is 1. The van der Waals surface area contributed by atoms with Gasteiger partial charge in [0.2, 0.25) is 0 Å². The molecule has 0 radical (unpaired) electrons. The highest BCUT2D eigenvalue weighted by molar-refractivity contribution is 6.03. The molecule has 1 atom stereocenters.